The maximum Gasteiger partial charge on any atom is 0.305 e. The highest BCUT2D eigenvalue weighted by atomic mass is 32.1. The molecule has 0 aliphatic carbocycles. The minimum absolute atomic E-state index is 0.542. The highest BCUT2D eigenvalue weighted by molar-refractivity contribution is 7.13. The third-order valence-corrected chi connectivity index (χ3v) is 4.21. The summed E-state index contributed by atoms with van der Waals surface area (Å²) in [5, 5.41) is 11.5. The molecule has 1 aromatic heterocycles. The van der Waals surface area contributed by atoms with Gasteiger partial charge < -0.3 is 4.74 Å². The fourth-order valence-corrected chi connectivity index (χ4v) is 3.13. The molecule has 3 aromatic rings. The van der Waals surface area contributed by atoms with E-state index < -0.39 is 16.4 Å². The van der Waals surface area contributed by atoms with Crippen molar-refractivity contribution in [2.45, 2.75) is 6.92 Å². The Morgan fingerprint density at radius 3 is 2.73 bits per heavy atom. The minimum atomic E-state index is -0.849. The summed E-state index contributed by atoms with van der Waals surface area (Å²) in [6.45, 7) is 1.90. The van der Waals surface area contributed by atoms with Gasteiger partial charge in [-0.3, -0.25) is 10.1 Å². The number of nitro benzene ring substituents is 1. The summed E-state index contributed by atoms with van der Waals surface area (Å²) in [5.41, 5.74) is 1.80. The van der Waals surface area contributed by atoms with Gasteiger partial charge in [-0.25, -0.2) is 0 Å². The Morgan fingerprint density at radius 1 is 1.32 bits per heavy atom. The molecule has 0 amide bonds. The third-order valence-electron chi connectivity index (χ3n) is 3.40. The number of nitro groups is 1. The lowest BCUT2D eigenvalue weighted by Crippen LogP contribution is -1.92. The lowest BCUT2D eigenvalue weighted by atomic mass is 10.0. The zero-order chi connectivity index (χ0) is 15.9. The van der Waals surface area contributed by atoms with E-state index in [0.717, 1.165) is 34.5 Å². The normalized spacial score (nSPS) is 10.9. The Balaban J connectivity index is 2.21. The quantitative estimate of drug-likeness (QED) is 0.532. The molecule has 112 valence electrons. The summed E-state index contributed by atoms with van der Waals surface area (Å²) < 4.78 is 23.8. The van der Waals surface area contributed by atoms with Gasteiger partial charge in [0.1, 0.15) is 5.75 Å². The Bertz CT molecular complexity index is 892. The summed E-state index contributed by atoms with van der Waals surface area (Å²) in [4.78, 5) is 10.2. The molecule has 0 spiro atoms. The van der Waals surface area contributed by atoms with Gasteiger partial charge in [0.15, 0.2) is 0 Å². The van der Waals surface area contributed by atoms with Gasteiger partial charge in [-0.2, -0.15) is 8.76 Å². The molecule has 0 radical (unpaired) electrons. The number of aryl methyl sites for hydroxylation is 1. The molecular weight excluding hydrogens is 307 g/mol. The number of aromatic nitrogens is 1. The molecule has 0 saturated carbocycles. The van der Waals surface area contributed by atoms with E-state index in [1.54, 1.807) is 7.11 Å². The van der Waals surface area contributed by atoms with E-state index in [1.807, 2.05) is 25.1 Å². The Hall–Kier alpha value is -2.54. The number of fused-ring (bicyclic) bond motifs is 1. The maximum atomic E-state index is 13.7. The molecule has 22 heavy (non-hydrogen) atoms. The summed E-state index contributed by atoms with van der Waals surface area (Å²) in [6.07, 6.45) is 0. The second-order valence-corrected chi connectivity index (χ2v) is 5.58. The summed E-state index contributed by atoms with van der Waals surface area (Å²) >= 11 is 1.12. The molecule has 0 aliphatic rings. The van der Waals surface area contributed by atoms with Crippen LogP contribution in [0.1, 0.15) is 5.56 Å². The zero-order valence-corrected chi connectivity index (χ0v) is 12.6. The fourth-order valence-electron chi connectivity index (χ4n) is 2.32. The summed E-state index contributed by atoms with van der Waals surface area (Å²) in [7, 11) is 1.59. The van der Waals surface area contributed by atoms with E-state index >= 15 is 0 Å². The van der Waals surface area contributed by atoms with E-state index in [4.69, 9.17) is 4.74 Å². The third kappa shape index (κ3) is 2.29. The number of hydrogen-bond acceptors (Lipinski definition) is 5. The smallest absolute Gasteiger partial charge is 0.305 e. The number of methoxy groups -OCH3 is 1. The molecule has 3 rings (SSSR count). The molecule has 0 aliphatic heterocycles. The Labute approximate surface area is 129 Å². The van der Waals surface area contributed by atoms with Crippen molar-refractivity contribution >= 4 is 27.3 Å². The van der Waals surface area contributed by atoms with Crippen molar-refractivity contribution in [1.82, 2.24) is 4.37 Å². The topological polar surface area (TPSA) is 65.3 Å². The molecule has 5 nitrogen and oxygen atoms in total. The number of rotatable bonds is 3. The first-order chi connectivity index (χ1) is 10.5. The van der Waals surface area contributed by atoms with Crippen molar-refractivity contribution in [2.24, 2.45) is 0 Å². The van der Waals surface area contributed by atoms with Gasteiger partial charge in [-0.05, 0) is 42.2 Å². The lowest BCUT2D eigenvalue weighted by molar-refractivity contribution is -0.387. The van der Waals surface area contributed by atoms with Crippen molar-refractivity contribution in [3.05, 3.63) is 51.8 Å². The van der Waals surface area contributed by atoms with Gasteiger partial charge in [-0.15, -0.1) is 0 Å². The fraction of sp³-hybridized carbons (Fsp3) is 0.133. The van der Waals surface area contributed by atoms with Gasteiger partial charge in [0.05, 0.1) is 22.4 Å². The second-order valence-electron chi connectivity index (χ2n) is 4.77. The number of hydrogen-bond donors (Lipinski definition) is 0. The predicted molar refractivity (Wildman–Crippen MR) is 83.0 cm³/mol. The van der Waals surface area contributed by atoms with Gasteiger partial charge in [-0.1, -0.05) is 0 Å². The minimum Gasteiger partial charge on any atom is -0.496 e. The van der Waals surface area contributed by atoms with Crippen LogP contribution in [0, 0.1) is 22.9 Å². The SMILES string of the molecule is COc1ccc(-c2nsc3cc(F)c([N+](=O)[O-])cc23)cc1C. The van der Waals surface area contributed by atoms with Crippen molar-refractivity contribution in [2.75, 3.05) is 7.11 Å². The second kappa shape index (κ2) is 5.34. The maximum absolute atomic E-state index is 13.7. The molecule has 0 fully saturated rings. The largest absolute Gasteiger partial charge is 0.496 e. The van der Waals surface area contributed by atoms with E-state index in [-0.39, 0.29) is 0 Å². The van der Waals surface area contributed by atoms with Crippen LogP contribution in [0.4, 0.5) is 10.1 Å². The Morgan fingerprint density at radius 2 is 2.09 bits per heavy atom. The van der Waals surface area contributed by atoms with Crippen LogP contribution >= 0.6 is 11.5 Å². The first-order valence-electron chi connectivity index (χ1n) is 6.39. The van der Waals surface area contributed by atoms with E-state index in [1.165, 1.54) is 6.07 Å². The first-order valence-corrected chi connectivity index (χ1v) is 7.17. The van der Waals surface area contributed by atoms with Gasteiger partial charge >= 0.3 is 5.69 Å². The molecule has 1 heterocycles. The summed E-state index contributed by atoms with van der Waals surface area (Å²) in [6, 6.07) is 7.93. The van der Waals surface area contributed by atoms with Crippen molar-refractivity contribution < 1.29 is 14.1 Å². The van der Waals surface area contributed by atoms with Crippen LogP contribution in [0.2, 0.25) is 0 Å². The van der Waals surface area contributed by atoms with Crippen molar-refractivity contribution in [3.63, 3.8) is 0 Å². The van der Waals surface area contributed by atoms with Crippen molar-refractivity contribution in [1.29, 1.82) is 0 Å². The van der Waals surface area contributed by atoms with E-state index in [9.17, 15) is 14.5 Å². The molecular formula is C15H11FN2O3S. The summed E-state index contributed by atoms with van der Waals surface area (Å²) in [5.74, 6) is -0.0982. The molecule has 0 saturated heterocycles. The van der Waals surface area contributed by atoms with Gasteiger partial charge in [0.2, 0.25) is 5.82 Å². The van der Waals surface area contributed by atoms with E-state index in [0.29, 0.717) is 15.8 Å². The molecule has 0 unspecified atom stereocenters. The van der Waals surface area contributed by atoms with Crippen molar-refractivity contribution in [3.8, 4) is 17.0 Å². The van der Waals surface area contributed by atoms with Crippen LogP contribution in [-0.2, 0) is 0 Å². The van der Waals surface area contributed by atoms with Gasteiger partial charge in [0, 0.05) is 23.1 Å². The van der Waals surface area contributed by atoms with Crippen LogP contribution in [0.3, 0.4) is 0 Å². The van der Waals surface area contributed by atoms with E-state index in [2.05, 4.69) is 4.37 Å². The van der Waals surface area contributed by atoms with Gasteiger partial charge in [0.25, 0.3) is 0 Å². The molecule has 7 heteroatoms. The zero-order valence-electron chi connectivity index (χ0n) is 11.8. The highest BCUT2D eigenvalue weighted by Gasteiger charge is 2.19. The van der Waals surface area contributed by atoms with Crippen LogP contribution in [0.5, 0.6) is 5.75 Å². The predicted octanol–water partition coefficient (Wildman–Crippen LogP) is 4.33. The van der Waals surface area contributed by atoms with Crippen LogP contribution in [0.25, 0.3) is 21.3 Å². The van der Waals surface area contributed by atoms with Crippen LogP contribution in [0.15, 0.2) is 30.3 Å². The number of nitrogens with zero attached hydrogens (tertiary/aromatic N) is 2. The molecule has 0 N–H and O–H groups in total. The first kappa shape index (κ1) is 14.4. The number of ether oxygens (including phenoxy) is 1. The van der Waals surface area contributed by atoms with Crippen LogP contribution < -0.4 is 4.74 Å². The molecule has 2 aromatic carbocycles. The number of benzene rings is 2. The monoisotopic (exact) mass is 318 g/mol. The lowest BCUT2D eigenvalue weighted by Gasteiger charge is -2.06. The molecule has 0 bridgehead atoms. The number of halogens is 1. The average Bonchev–Trinajstić information content (AvgIpc) is 2.88. The molecule has 0 atom stereocenters. The van der Waals surface area contributed by atoms with Crippen LogP contribution in [-0.4, -0.2) is 16.4 Å². The average molecular weight is 318 g/mol. The standard InChI is InChI=1S/C15H11FN2O3S/c1-8-5-9(3-4-13(8)21-2)15-10-6-12(18(19)20)11(16)7-14(10)22-17-15/h3-7H,1-2H3. The Kier molecular flexibility index (Phi) is 3.50. The highest BCUT2D eigenvalue weighted by Crippen LogP contribution is 2.36.